The molecule has 1 aromatic carbocycles. The normalized spacial score (nSPS) is 27.5. The van der Waals surface area contributed by atoms with Crippen molar-refractivity contribution >= 4 is 10.0 Å². The number of hydrogen-bond donors (Lipinski definition) is 1. The van der Waals surface area contributed by atoms with Gasteiger partial charge in [0, 0.05) is 6.04 Å². The summed E-state index contributed by atoms with van der Waals surface area (Å²) in [6.45, 7) is 3.17. The first kappa shape index (κ1) is 17.6. The van der Waals surface area contributed by atoms with E-state index < -0.39 is 15.8 Å². The Bertz CT molecular complexity index is 681. The Kier molecular flexibility index (Phi) is 5.39. The lowest BCUT2D eigenvalue weighted by Crippen LogP contribution is -2.49. The molecule has 8 heteroatoms. The highest BCUT2D eigenvalue weighted by atomic mass is 32.2. The van der Waals surface area contributed by atoms with Gasteiger partial charge in [0.1, 0.15) is 0 Å². The summed E-state index contributed by atoms with van der Waals surface area (Å²) in [6.07, 6.45) is 1.93. The molecule has 6 nitrogen and oxygen atoms in total. The van der Waals surface area contributed by atoms with Gasteiger partial charge in [-0.3, -0.25) is 0 Å². The van der Waals surface area contributed by atoms with Crippen LogP contribution >= 0.6 is 0 Å². The van der Waals surface area contributed by atoms with Gasteiger partial charge in [-0.15, -0.1) is 0 Å². The SMILES string of the molecule is CCOc1ccc(S(=O)(=O)NC2CCC3OCCOC3C2)cc1F. The van der Waals surface area contributed by atoms with E-state index in [9.17, 15) is 12.8 Å². The summed E-state index contributed by atoms with van der Waals surface area (Å²) in [7, 11) is -3.79. The number of fused-ring (bicyclic) bond motifs is 1. The number of halogens is 1. The van der Waals surface area contributed by atoms with E-state index in [-0.39, 0.29) is 28.9 Å². The van der Waals surface area contributed by atoms with Crippen LogP contribution in [0, 0.1) is 5.82 Å². The third-order valence-corrected chi connectivity index (χ3v) is 5.83. The molecular formula is C16H22FNO5S. The predicted octanol–water partition coefficient (Wildman–Crippen LogP) is 1.84. The fraction of sp³-hybridized carbons (Fsp3) is 0.625. The Morgan fingerprint density at radius 3 is 2.71 bits per heavy atom. The maximum absolute atomic E-state index is 13.9. The van der Waals surface area contributed by atoms with Crippen LogP contribution in [0.3, 0.4) is 0 Å². The van der Waals surface area contributed by atoms with Gasteiger partial charge in [0.15, 0.2) is 11.6 Å². The van der Waals surface area contributed by atoms with Crippen LogP contribution in [0.5, 0.6) is 5.75 Å². The maximum Gasteiger partial charge on any atom is 0.240 e. The lowest BCUT2D eigenvalue weighted by molar-refractivity contribution is -0.156. The lowest BCUT2D eigenvalue weighted by atomic mass is 9.90. The first-order chi connectivity index (χ1) is 11.5. The fourth-order valence-corrected chi connectivity index (χ4v) is 4.48. The quantitative estimate of drug-likeness (QED) is 0.868. The molecule has 24 heavy (non-hydrogen) atoms. The first-order valence-corrected chi connectivity index (χ1v) is 9.66. The number of hydrogen-bond acceptors (Lipinski definition) is 5. The van der Waals surface area contributed by atoms with Gasteiger partial charge in [-0.1, -0.05) is 0 Å². The summed E-state index contributed by atoms with van der Waals surface area (Å²) < 4.78 is 57.9. The summed E-state index contributed by atoms with van der Waals surface area (Å²) in [5, 5.41) is 0. The molecule has 1 heterocycles. The summed E-state index contributed by atoms with van der Waals surface area (Å²) in [4.78, 5) is -0.105. The van der Waals surface area contributed by atoms with Gasteiger partial charge in [-0.2, -0.15) is 0 Å². The molecule has 0 bridgehead atoms. The average Bonchev–Trinajstić information content (AvgIpc) is 2.56. The lowest BCUT2D eigenvalue weighted by Gasteiger charge is -2.38. The summed E-state index contributed by atoms with van der Waals surface area (Å²) in [6, 6.07) is 3.43. The molecule has 1 saturated heterocycles. The highest BCUT2D eigenvalue weighted by Gasteiger charge is 2.35. The van der Waals surface area contributed by atoms with Crippen LogP contribution in [0.1, 0.15) is 26.2 Å². The number of rotatable bonds is 5. The molecule has 1 aromatic rings. The number of nitrogens with one attached hydrogen (secondary N) is 1. The molecule has 2 aliphatic rings. The molecule has 0 amide bonds. The van der Waals surface area contributed by atoms with Crippen molar-refractivity contribution < 1.29 is 27.0 Å². The minimum absolute atomic E-state index is 0.0439. The van der Waals surface area contributed by atoms with Crippen molar-refractivity contribution in [3.63, 3.8) is 0 Å². The van der Waals surface area contributed by atoms with Crippen LogP contribution in [0.25, 0.3) is 0 Å². The molecule has 0 spiro atoms. The smallest absolute Gasteiger partial charge is 0.240 e. The van der Waals surface area contributed by atoms with Crippen molar-refractivity contribution in [2.24, 2.45) is 0 Å². The van der Waals surface area contributed by atoms with E-state index in [1.807, 2.05) is 0 Å². The van der Waals surface area contributed by atoms with Gasteiger partial charge in [-0.05, 0) is 44.4 Å². The zero-order valence-corrected chi connectivity index (χ0v) is 14.4. The molecule has 2 fully saturated rings. The molecule has 1 saturated carbocycles. The summed E-state index contributed by atoms with van der Waals surface area (Å²) in [5.74, 6) is -0.642. The predicted molar refractivity (Wildman–Crippen MR) is 85.0 cm³/mol. The minimum Gasteiger partial charge on any atom is -0.491 e. The Morgan fingerprint density at radius 2 is 2.00 bits per heavy atom. The van der Waals surface area contributed by atoms with Crippen LogP contribution < -0.4 is 9.46 Å². The van der Waals surface area contributed by atoms with Gasteiger partial charge < -0.3 is 14.2 Å². The largest absolute Gasteiger partial charge is 0.491 e. The van der Waals surface area contributed by atoms with E-state index in [2.05, 4.69) is 4.72 Å². The first-order valence-electron chi connectivity index (χ1n) is 8.17. The Hall–Kier alpha value is -1.22. The van der Waals surface area contributed by atoms with Crippen molar-refractivity contribution in [3.8, 4) is 5.75 Å². The van der Waals surface area contributed by atoms with E-state index in [0.717, 1.165) is 12.5 Å². The van der Waals surface area contributed by atoms with E-state index >= 15 is 0 Å². The second-order valence-electron chi connectivity index (χ2n) is 5.97. The van der Waals surface area contributed by atoms with Gasteiger partial charge in [0.25, 0.3) is 0 Å². The maximum atomic E-state index is 13.9. The molecule has 0 aromatic heterocycles. The van der Waals surface area contributed by atoms with Crippen LogP contribution in [-0.4, -0.2) is 46.5 Å². The van der Waals surface area contributed by atoms with Gasteiger partial charge in [0.05, 0.1) is 36.9 Å². The molecule has 0 radical (unpaired) electrons. The second-order valence-corrected chi connectivity index (χ2v) is 7.69. The molecule has 1 aliphatic heterocycles. The molecule has 3 unspecified atom stereocenters. The number of ether oxygens (including phenoxy) is 3. The van der Waals surface area contributed by atoms with Crippen LogP contribution in [0.4, 0.5) is 4.39 Å². The Morgan fingerprint density at radius 1 is 1.25 bits per heavy atom. The molecule has 3 rings (SSSR count). The van der Waals surface area contributed by atoms with Crippen molar-refractivity contribution in [2.45, 2.75) is 49.3 Å². The topological polar surface area (TPSA) is 73.9 Å². The zero-order valence-electron chi connectivity index (χ0n) is 13.5. The standard InChI is InChI=1S/C16H22FNO5S/c1-2-21-14-6-4-12(10-13(14)17)24(19,20)18-11-3-5-15-16(9-11)23-8-7-22-15/h4,6,10-11,15-16,18H,2-3,5,7-9H2,1H3. The monoisotopic (exact) mass is 359 g/mol. The van der Waals surface area contributed by atoms with Crippen molar-refractivity contribution in [3.05, 3.63) is 24.0 Å². The number of benzene rings is 1. The van der Waals surface area contributed by atoms with Gasteiger partial charge in [-0.25, -0.2) is 17.5 Å². The third kappa shape index (κ3) is 3.88. The third-order valence-electron chi connectivity index (χ3n) is 4.31. The second kappa shape index (κ2) is 7.35. The van der Waals surface area contributed by atoms with Crippen molar-refractivity contribution in [2.75, 3.05) is 19.8 Å². The van der Waals surface area contributed by atoms with E-state index in [0.29, 0.717) is 32.7 Å². The fourth-order valence-electron chi connectivity index (χ4n) is 3.18. The number of sulfonamides is 1. The highest BCUT2D eigenvalue weighted by Crippen LogP contribution is 2.28. The molecule has 1 aliphatic carbocycles. The highest BCUT2D eigenvalue weighted by molar-refractivity contribution is 7.89. The van der Waals surface area contributed by atoms with E-state index in [1.54, 1.807) is 6.92 Å². The minimum atomic E-state index is -3.79. The van der Waals surface area contributed by atoms with Crippen LogP contribution in [-0.2, 0) is 19.5 Å². The Labute approximate surface area is 141 Å². The zero-order chi connectivity index (χ0) is 17.2. The summed E-state index contributed by atoms with van der Waals surface area (Å²) in [5.41, 5.74) is 0. The van der Waals surface area contributed by atoms with Crippen molar-refractivity contribution in [1.29, 1.82) is 0 Å². The molecule has 3 atom stereocenters. The Balaban J connectivity index is 1.68. The molecular weight excluding hydrogens is 337 g/mol. The van der Waals surface area contributed by atoms with Crippen LogP contribution in [0.2, 0.25) is 0 Å². The average molecular weight is 359 g/mol. The van der Waals surface area contributed by atoms with Gasteiger partial charge in [0.2, 0.25) is 10.0 Å². The van der Waals surface area contributed by atoms with Crippen molar-refractivity contribution in [1.82, 2.24) is 4.72 Å². The van der Waals surface area contributed by atoms with E-state index in [4.69, 9.17) is 14.2 Å². The molecule has 1 N–H and O–H groups in total. The van der Waals surface area contributed by atoms with Crippen LogP contribution in [0.15, 0.2) is 23.1 Å². The van der Waals surface area contributed by atoms with E-state index in [1.165, 1.54) is 12.1 Å². The molecule has 134 valence electrons. The summed E-state index contributed by atoms with van der Waals surface area (Å²) >= 11 is 0. The van der Waals surface area contributed by atoms with Gasteiger partial charge >= 0.3 is 0 Å².